The Morgan fingerprint density at radius 3 is 2.72 bits per heavy atom. The van der Waals surface area contributed by atoms with E-state index < -0.39 is 0 Å². The Bertz CT molecular complexity index is 718. The van der Waals surface area contributed by atoms with E-state index in [2.05, 4.69) is 31.3 Å². The molecule has 0 unspecified atom stereocenters. The van der Waals surface area contributed by atoms with Gasteiger partial charge in [0.15, 0.2) is 5.96 Å². The standard InChI is InChI=1S/C18H25ClN6/c1-20-18(21-7-6-15-13-22-23(2)14-15)25-10-8-24(9-11-25)17-5-3-4-16(19)12-17/h3-5,12-14H,6-11H2,1-2H3,(H,20,21). The zero-order valence-corrected chi connectivity index (χ0v) is 15.6. The zero-order chi connectivity index (χ0) is 17.6. The number of anilines is 1. The number of nitrogens with one attached hydrogen (secondary N) is 1. The number of aliphatic imine (C=N–C) groups is 1. The maximum absolute atomic E-state index is 6.10. The van der Waals surface area contributed by atoms with Gasteiger partial charge in [0.1, 0.15) is 0 Å². The Labute approximate surface area is 154 Å². The fourth-order valence-corrected chi connectivity index (χ4v) is 3.29. The molecule has 0 atom stereocenters. The molecule has 2 heterocycles. The highest BCUT2D eigenvalue weighted by Gasteiger charge is 2.19. The average Bonchev–Trinajstić information content (AvgIpc) is 3.04. The Morgan fingerprint density at radius 1 is 1.28 bits per heavy atom. The van der Waals surface area contributed by atoms with E-state index >= 15 is 0 Å². The normalized spacial score (nSPS) is 15.6. The number of benzene rings is 1. The van der Waals surface area contributed by atoms with Gasteiger partial charge in [-0.2, -0.15) is 5.10 Å². The van der Waals surface area contributed by atoms with Crippen LogP contribution in [0.3, 0.4) is 0 Å². The van der Waals surface area contributed by atoms with Crippen LogP contribution >= 0.6 is 11.6 Å². The van der Waals surface area contributed by atoms with Crippen molar-refractivity contribution in [1.29, 1.82) is 0 Å². The first-order chi connectivity index (χ1) is 12.2. The molecule has 1 fully saturated rings. The molecule has 2 aromatic rings. The largest absolute Gasteiger partial charge is 0.368 e. The van der Waals surface area contributed by atoms with E-state index in [-0.39, 0.29) is 0 Å². The average molecular weight is 361 g/mol. The van der Waals surface area contributed by atoms with Crippen LogP contribution in [0.4, 0.5) is 5.69 Å². The van der Waals surface area contributed by atoms with E-state index in [0.29, 0.717) is 0 Å². The van der Waals surface area contributed by atoms with E-state index in [9.17, 15) is 0 Å². The number of hydrogen-bond acceptors (Lipinski definition) is 3. The molecule has 3 rings (SSSR count). The first-order valence-corrected chi connectivity index (χ1v) is 8.97. The number of nitrogens with zero attached hydrogens (tertiary/aromatic N) is 5. The first-order valence-electron chi connectivity index (χ1n) is 8.59. The van der Waals surface area contributed by atoms with Gasteiger partial charge < -0.3 is 15.1 Å². The van der Waals surface area contributed by atoms with Crippen molar-refractivity contribution in [2.24, 2.45) is 12.0 Å². The zero-order valence-electron chi connectivity index (χ0n) is 14.8. The minimum Gasteiger partial charge on any atom is -0.368 e. The van der Waals surface area contributed by atoms with E-state index in [0.717, 1.165) is 50.1 Å². The quantitative estimate of drug-likeness (QED) is 0.669. The molecule has 0 amide bonds. The molecule has 1 aliphatic heterocycles. The van der Waals surface area contributed by atoms with Crippen molar-refractivity contribution < 1.29 is 0 Å². The summed E-state index contributed by atoms with van der Waals surface area (Å²) in [5.74, 6) is 0.967. The van der Waals surface area contributed by atoms with Gasteiger partial charge in [-0.15, -0.1) is 0 Å². The Hall–Kier alpha value is -2.21. The number of hydrogen-bond donors (Lipinski definition) is 1. The number of rotatable bonds is 4. The molecule has 1 N–H and O–H groups in total. The summed E-state index contributed by atoms with van der Waals surface area (Å²) in [6.45, 7) is 4.67. The molecule has 7 heteroatoms. The second-order valence-corrected chi connectivity index (χ2v) is 6.64. The molecular formula is C18H25ClN6. The monoisotopic (exact) mass is 360 g/mol. The highest BCUT2D eigenvalue weighted by Crippen LogP contribution is 2.20. The lowest BCUT2D eigenvalue weighted by atomic mass is 10.2. The molecule has 0 aliphatic carbocycles. The molecule has 25 heavy (non-hydrogen) atoms. The van der Waals surface area contributed by atoms with Gasteiger partial charge in [0, 0.05) is 63.7 Å². The maximum Gasteiger partial charge on any atom is 0.193 e. The third kappa shape index (κ3) is 4.66. The van der Waals surface area contributed by atoms with Crippen LogP contribution in [0.1, 0.15) is 5.56 Å². The van der Waals surface area contributed by atoms with Crippen LogP contribution in [-0.4, -0.2) is 60.4 Å². The van der Waals surface area contributed by atoms with Gasteiger partial charge in [-0.3, -0.25) is 9.67 Å². The summed E-state index contributed by atoms with van der Waals surface area (Å²) in [7, 11) is 3.78. The summed E-state index contributed by atoms with van der Waals surface area (Å²) in [6, 6.07) is 8.05. The molecule has 134 valence electrons. The molecule has 1 aromatic heterocycles. The Kier molecular flexibility index (Phi) is 5.81. The van der Waals surface area contributed by atoms with E-state index in [1.807, 2.05) is 49.4 Å². The van der Waals surface area contributed by atoms with Gasteiger partial charge in [0.25, 0.3) is 0 Å². The van der Waals surface area contributed by atoms with Crippen molar-refractivity contribution in [3.8, 4) is 0 Å². The molecule has 0 radical (unpaired) electrons. The Morgan fingerprint density at radius 2 is 2.08 bits per heavy atom. The van der Waals surface area contributed by atoms with Gasteiger partial charge >= 0.3 is 0 Å². The van der Waals surface area contributed by atoms with Crippen molar-refractivity contribution >= 4 is 23.2 Å². The van der Waals surface area contributed by atoms with Crippen LogP contribution in [-0.2, 0) is 13.5 Å². The van der Waals surface area contributed by atoms with Crippen molar-refractivity contribution in [3.63, 3.8) is 0 Å². The minimum atomic E-state index is 0.785. The lowest BCUT2D eigenvalue weighted by Crippen LogP contribution is -2.52. The van der Waals surface area contributed by atoms with Crippen molar-refractivity contribution in [2.75, 3.05) is 44.7 Å². The number of halogens is 1. The molecule has 1 saturated heterocycles. The van der Waals surface area contributed by atoms with Crippen molar-refractivity contribution in [3.05, 3.63) is 47.2 Å². The smallest absolute Gasteiger partial charge is 0.193 e. The molecule has 0 spiro atoms. The number of aromatic nitrogens is 2. The fraction of sp³-hybridized carbons (Fsp3) is 0.444. The van der Waals surface area contributed by atoms with Crippen LogP contribution in [0.5, 0.6) is 0 Å². The van der Waals surface area contributed by atoms with E-state index in [4.69, 9.17) is 11.6 Å². The van der Waals surface area contributed by atoms with Gasteiger partial charge in [-0.25, -0.2) is 0 Å². The highest BCUT2D eigenvalue weighted by molar-refractivity contribution is 6.30. The summed E-state index contributed by atoms with van der Waals surface area (Å²) in [6.07, 6.45) is 4.90. The predicted octanol–water partition coefficient (Wildman–Crippen LogP) is 2.01. The highest BCUT2D eigenvalue weighted by atomic mass is 35.5. The molecular weight excluding hydrogens is 336 g/mol. The van der Waals surface area contributed by atoms with Crippen LogP contribution < -0.4 is 10.2 Å². The van der Waals surface area contributed by atoms with Gasteiger partial charge in [0.05, 0.1) is 6.20 Å². The lowest BCUT2D eigenvalue weighted by molar-refractivity contribution is 0.373. The SMILES string of the molecule is CN=C(NCCc1cnn(C)c1)N1CCN(c2cccc(Cl)c2)CC1. The third-order valence-electron chi connectivity index (χ3n) is 4.42. The second-order valence-electron chi connectivity index (χ2n) is 6.20. The molecule has 6 nitrogen and oxygen atoms in total. The maximum atomic E-state index is 6.10. The Balaban J connectivity index is 1.48. The second kappa shape index (κ2) is 8.25. The van der Waals surface area contributed by atoms with Gasteiger partial charge in [-0.05, 0) is 30.2 Å². The number of aryl methyl sites for hydroxylation is 1. The van der Waals surface area contributed by atoms with Crippen LogP contribution in [0.15, 0.2) is 41.7 Å². The molecule has 1 aromatic carbocycles. The summed E-state index contributed by atoms with van der Waals surface area (Å²) in [5.41, 5.74) is 2.42. The van der Waals surface area contributed by atoms with Gasteiger partial charge in [-0.1, -0.05) is 17.7 Å². The topological polar surface area (TPSA) is 48.7 Å². The minimum absolute atomic E-state index is 0.785. The summed E-state index contributed by atoms with van der Waals surface area (Å²) >= 11 is 6.10. The molecule has 0 bridgehead atoms. The summed E-state index contributed by atoms with van der Waals surface area (Å²) in [4.78, 5) is 9.11. The first kappa shape index (κ1) is 17.6. The summed E-state index contributed by atoms with van der Waals surface area (Å²) < 4.78 is 1.83. The molecule has 0 saturated carbocycles. The summed E-state index contributed by atoms with van der Waals surface area (Å²) in [5, 5.41) is 8.45. The lowest BCUT2D eigenvalue weighted by Gasteiger charge is -2.37. The van der Waals surface area contributed by atoms with Crippen molar-refractivity contribution in [2.45, 2.75) is 6.42 Å². The predicted molar refractivity (Wildman–Crippen MR) is 104 cm³/mol. The fourth-order valence-electron chi connectivity index (χ4n) is 3.10. The van der Waals surface area contributed by atoms with Crippen LogP contribution in [0.25, 0.3) is 0 Å². The van der Waals surface area contributed by atoms with Crippen molar-refractivity contribution in [1.82, 2.24) is 20.0 Å². The van der Waals surface area contributed by atoms with Gasteiger partial charge in [0.2, 0.25) is 0 Å². The number of guanidine groups is 1. The number of piperazine rings is 1. The van der Waals surface area contributed by atoms with E-state index in [1.54, 1.807) is 0 Å². The van der Waals surface area contributed by atoms with Crippen LogP contribution in [0, 0.1) is 0 Å². The molecule has 1 aliphatic rings. The third-order valence-corrected chi connectivity index (χ3v) is 4.65. The van der Waals surface area contributed by atoms with Crippen LogP contribution in [0.2, 0.25) is 5.02 Å². The van der Waals surface area contributed by atoms with E-state index in [1.165, 1.54) is 11.3 Å².